The molecule has 1 atom stereocenters. The van der Waals surface area contributed by atoms with Crippen LogP contribution < -0.4 is 10.1 Å². The number of amides is 1. The van der Waals surface area contributed by atoms with Gasteiger partial charge in [0.05, 0.1) is 18.5 Å². The Hall–Kier alpha value is -2.90. The van der Waals surface area contributed by atoms with E-state index < -0.39 is 23.4 Å². The van der Waals surface area contributed by atoms with Crippen molar-refractivity contribution in [2.24, 2.45) is 5.92 Å². The topological polar surface area (TPSA) is 108 Å². The van der Waals surface area contributed by atoms with Crippen LogP contribution in [0.1, 0.15) is 24.8 Å². The molecule has 134 valence electrons. The molecular formula is C17H20N2O6. The molecule has 8 nitrogen and oxygen atoms in total. The molecule has 0 radical (unpaired) electrons. The van der Waals surface area contributed by atoms with Crippen molar-refractivity contribution in [1.82, 2.24) is 0 Å². The molecule has 25 heavy (non-hydrogen) atoms. The van der Waals surface area contributed by atoms with Gasteiger partial charge in [0.25, 0.3) is 5.91 Å². The van der Waals surface area contributed by atoms with Gasteiger partial charge in [-0.05, 0) is 31.2 Å². The van der Waals surface area contributed by atoms with Gasteiger partial charge in [-0.25, -0.2) is 0 Å². The first kappa shape index (κ1) is 18.4. The van der Waals surface area contributed by atoms with Gasteiger partial charge in [0.2, 0.25) is 0 Å². The summed E-state index contributed by atoms with van der Waals surface area (Å²) in [4.78, 5) is 34.1. The fourth-order valence-corrected chi connectivity index (χ4v) is 2.58. The second kappa shape index (κ2) is 8.27. The number of hydrogen-bond acceptors (Lipinski definition) is 6. The molecule has 1 amide bonds. The number of nitro benzene ring substituents is 1. The minimum Gasteiger partial charge on any atom is -0.490 e. The third kappa shape index (κ3) is 5.03. The normalized spacial score (nSPS) is 15.7. The maximum atomic E-state index is 11.9. The highest BCUT2D eigenvalue weighted by Crippen LogP contribution is 2.32. The minimum absolute atomic E-state index is 0.0379. The fraction of sp³-hybridized carbons (Fsp3) is 0.412. The van der Waals surface area contributed by atoms with E-state index in [-0.39, 0.29) is 23.8 Å². The predicted molar refractivity (Wildman–Crippen MR) is 90.5 cm³/mol. The maximum Gasteiger partial charge on any atom is 0.311 e. The van der Waals surface area contributed by atoms with Crippen LogP contribution in [0.15, 0.2) is 24.3 Å². The van der Waals surface area contributed by atoms with Crippen molar-refractivity contribution < 1.29 is 24.0 Å². The number of ether oxygens (including phenoxy) is 2. The number of esters is 1. The highest BCUT2D eigenvalue weighted by atomic mass is 16.6. The maximum absolute atomic E-state index is 11.9. The van der Waals surface area contributed by atoms with Gasteiger partial charge in [-0.15, -0.1) is 0 Å². The van der Waals surface area contributed by atoms with E-state index in [2.05, 4.69) is 5.32 Å². The number of nitrogens with zero attached hydrogens (tertiary/aromatic N) is 1. The number of carbonyl (C=O) groups is 2. The molecule has 1 aliphatic carbocycles. The van der Waals surface area contributed by atoms with Crippen LogP contribution in [0, 0.1) is 23.0 Å². The first-order valence-electron chi connectivity index (χ1n) is 7.86. The lowest BCUT2D eigenvalue weighted by molar-refractivity contribution is -0.385. The molecule has 1 aliphatic rings. The highest BCUT2D eigenvalue weighted by molar-refractivity contribution is 5.94. The van der Waals surface area contributed by atoms with Gasteiger partial charge in [-0.1, -0.05) is 12.2 Å². The van der Waals surface area contributed by atoms with Gasteiger partial charge in [0.1, 0.15) is 0 Å². The number of rotatable bonds is 7. The Kier molecular flexibility index (Phi) is 6.10. The zero-order valence-corrected chi connectivity index (χ0v) is 14.1. The van der Waals surface area contributed by atoms with Crippen molar-refractivity contribution in [2.75, 3.05) is 19.0 Å². The van der Waals surface area contributed by atoms with Crippen LogP contribution >= 0.6 is 0 Å². The third-order valence-electron chi connectivity index (χ3n) is 3.90. The number of aryl methyl sites for hydroxylation is 1. The number of hydrogen-bond donors (Lipinski definition) is 1. The Morgan fingerprint density at radius 3 is 2.76 bits per heavy atom. The van der Waals surface area contributed by atoms with E-state index in [1.165, 1.54) is 19.2 Å². The van der Waals surface area contributed by atoms with Crippen molar-refractivity contribution in [1.29, 1.82) is 0 Å². The molecule has 8 heteroatoms. The van der Waals surface area contributed by atoms with Crippen molar-refractivity contribution >= 4 is 23.3 Å². The zero-order chi connectivity index (χ0) is 18.4. The minimum atomic E-state index is -0.559. The van der Waals surface area contributed by atoms with Crippen LogP contribution in [0.5, 0.6) is 5.75 Å². The van der Waals surface area contributed by atoms with Crippen LogP contribution in [0.25, 0.3) is 0 Å². The third-order valence-corrected chi connectivity index (χ3v) is 3.90. The molecule has 0 unspecified atom stereocenters. The van der Waals surface area contributed by atoms with Crippen LogP contribution in [-0.2, 0) is 14.3 Å². The second-order valence-electron chi connectivity index (χ2n) is 5.77. The van der Waals surface area contributed by atoms with E-state index in [0.29, 0.717) is 11.3 Å². The molecule has 0 saturated carbocycles. The number of nitrogens with one attached hydrogen (secondary N) is 1. The summed E-state index contributed by atoms with van der Waals surface area (Å²) in [5, 5.41) is 13.5. The summed E-state index contributed by atoms with van der Waals surface area (Å²) in [5.74, 6) is -0.730. The average molecular weight is 348 g/mol. The smallest absolute Gasteiger partial charge is 0.311 e. The lowest BCUT2D eigenvalue weighted by Gasteiger charge is -2.11. The van der Waals surface area contributed by atoms with Gasteiger partial charge in [-0.2, -0.15) is 0 Å². The van der Waals surface area contributed by atoms with Crippen molar-refractivity contribution in [2.45, 2.75) is 26.2 Å². The Balaban J connectivity index is 1.92. The molecule has 0 fully saturated rings. The van der Waals surface area contributed by atoms with E-state index >= 15 is 0 Å². The first-order chi connectivity index (χ1) is 11.9. The summed E-state index contributed by atoms with van der Waals surface area (Å²) in [6, 6.07) is 2.68. The van der Waals surface area contributed by atoms with Gasteiger partial charge in [0.15, 0.2) is 12.4 Å². The van der Waals surface area contributed by atoms with Crippen molar-refractivity contribution in [3.63, 3.8) is 0 Å². The van der Waals surface area contributed by atoms with Gasteiger partial charge >= 0.3 is 11.7 Å². The summed E-state index contributed by atoms with van der Waals surface area (Å²) in [6.07, 6.45) is 6.14. The fourth-order valence-electron chi connectivity index (χ4n) is 2.58. The predicted octanol–water partition coefficient (Wildman–Crippen LogP) is 2.75. The van der Waals surface area contributed by atoms with E-state index in [4.69, 9.17) is 9.47 Å². The van der Waals surface area contributed by atoms with Crippen LogP contribution in [0.3, 0.4) is 0 Å². The van der Waals surface area contributed by atoms with Crippen molar-refractivity contribution in [3.8, 4) is 5.75 Å². The molecule has 0 saturated heterocycles. The van der Waals surface area contributed by atoms with Gasteiger partial charge in [0, 0.05) is 17.8 Å². The lowest BCUT2D eigenvalue weighted by atomic mass is 10.1. The molecule has 0 bridgehead atoms. The molecule has 2 rings (SSSR count). The molecule has 0 aromatic heterocycles. The summed E-state index contributed by atoms with van der Waals surface area (Å²) in [7, 11) is 1.31. The van der Waals surface area contributed by atoms with Crippen LogP contribution in [0.4, 0.5) is 11.4 Å². The zero-order valence-electron chi connectivity index (χ0n) is 14.1. The molecule has 0 aliphatic heterocycles. The van der Waals surface area contributed by atoms with Gasteiger partial charge < -0.3 is 14.8 Å². The SMILES string of the molecule is COc1cc(NC(=O)COC(=O)C[C@H]2C=CCC2)c(C)cc1[N+](=O)[O-]. The molecule has 0 heterocycles. The first-order valence-corrected chi connectivity index (χ1v) is 7.86. The second-order valence-corrected chi connectivity index (χ2v) is 5.77. The van der Waals surface area contributed by atoms with Crippen molar-refractivity contribution in [3.05, 3.63) is 40.0 Å². The van der Waals surface area contributed by atoms with E-state index in [1.807, 2.05) is 12.2 Å². The number of benzene rings is 1. The van der Waals surface area contributed by atoms with Gasteiger partial charge in [-0.3, -0.25) is 19.7 Å². The molecular weight excluding hydrogens is 328 g/mol. The van der Waals surface area contributed by atoms with E-state index in [0.717, 1.165) is 12.8 Å². The number of carbonyl (C=O) groups excluding carboxylic acids is 2. The molecule has 1 aromatic carbocycles. The summed E-state index contributed by atoms with van der Waals surface area (Å²) >= 11 is 0. The average Bonchev–Trinajstić information content (AvgIpc) is 3.07. The van der Waals surface area contributed by atoms with Crippen LogP contribution in [0.2, 0.25) is 0 Å². The molecule has 0 spiro atoms. The lowest BCUT2D eigenvalue weighted by Crippen LogP contribution is -2.22. The summed E-state index contributed by atoms with van der Waals surface area (Å²) in [6.45, 7) is 1.22. The van der Waals surface area contributed by atoms with E-state index in [1.54, 1.807) is 6.92 Å². The Bertz CT molecular complexity index is 713. The Labute approximate surface area is 145 Å². The Morgan fingerprint density at radius 2 is 2.16 bits per heavy atom. The molecule has 1 aromatic rings. The summed E-state index contributed by atoms with van der Waals surface area (Å²) in [5.41, 5.74) is 0.680. The molecule has 1 N–H and O–H groups in total. The number of anilines is 1. The summed E-state index contributed by atoms with van der Waals surface area (Å²) < 4.78 is 9.94. The highest BCUT2D eigenvalue weighted by Gasteiger charge is 2.19. The number of allylic oxidation sites excluding steroid dienone is 2. The standard InChI is InChI=1S/C17H20N2O6/c1-11-7-14(19(22)23)15(24-2)9-13(11)18-16(20)10-25-17(21)8-12-5-3-4-6-12/h3,5,7,9,12H,4,6,8,10H2,1-2H3,(H,18,20)/t12-/m0/s1. The quantitative estimate of drug-likeness (QED) is 0.351. The number of methoxy groups -OCH3 is 1. The van der Waals surface area contributed by atoms with Crippen LogP contribution in [-0.4, -0.2) is 30.5 Å². The Morgan fingerprint density at radius 1 is 1.40 bits per heavy atom. The number of nitro groups is 1. The monoisotopic (exact) mass is 348 g/mol. The largest absolute Gasteiger partial charge is 0.490 e. The van der Waals surface area contributed by atoms with E-state index in [9.17, 15) is 19.7 Å².